The average Bonchev–Trinajstić information content (AvgIpc) is 2.34. The molecule has 0 saturated carbocycles. The van der Waals surface area contributed by atoms with Crippen LogP contribution in [-0.2, 0) is 10.6 Å². The molecule has 0 bridgehead atoms. The Bertz CT molecular complexity index is 294. The summed E-state index contributed by atoms with van der Waals surface area (Å²) < 4.78 is 10.9. The van der Waals surface area contributed by atoms with Gasteiger partial charge in [-0.05, 0) is 12.5 Å². The molecule has 16 heavy (non-hydrogen) atoms. The first kappa shape index (κ1) is 13.3. The van der Waals surface area contributed by atoms with Crippen molar-refractivity contribution >= 4 is 11.6 Å². The Labute approximate surface area is 102 Å². The summed E-state index contributed by atoms with van der Waals surface area (Å²) in [6.45, 7) is 4.05. The van der Waals surface area contributed by atoms with E-state index < -0.39 is 0 Å². The predicted molar refractivity (Wildman–Crippen MR) is 65.0 cm³/mol. The fourth-order valence-electron chi connectivity index (χ4n) is 1.20. The lowest BCUT2D eigenvalue weighted by molar-refractivity contribution is 0.0962. The topological polar surface area (TPSA) is 31.4 Å². The molecule has 0 radical (unpaired) electrons. The molecule has 0 aromatic carbocycles. The highest BCUT2D eigenvalue weighted by atomic mass is 35.5. The van der Waals surface area contributed by atoms with Crippen LogP contribution >= 0.6 is 11.6 Å². The van der Waals surface area contributed by atoms with Gasteiger partial charge in [0.2, 0.25) is 5.88 Å². The molecule has 0 aliphatic rings. The van der Waals surface area contributed by atoms with Crippen LogP contribution in [0.1, 0.15) is 25.3 Å². The van der Waals surface area contributed by atoms with E-state index in [1.54, 1.807) is 6.20 Å². The molecular weight excluding hydrogens is 226 g/mol. The van der Waals surface area contributed by atoms with E-state index in [9.17, 15) is 0 Å². The molecule has 1 aromatic rings. The first-order chi connectivity index (χ1) is 7.88. The summed E-state index contributed by atoms with van der Waals surface area (Å²) in [7, 11) is 0. The molecule has 0 fully saturated rings. The number of nitrogens with zero attached hydrogens (tertiary/aromatic N) is 1. The number of alkyl halides is 1. The third kappa shape index (κ3) is 4.81. The lowest BCUT2D eigenvalue weighted by Gasteiger charge is -2.08. The van der Waals surface area contributed by atoms with Crippen molar-refractivity contribution in [1.29, 1.82) is 0 Å². The van der Waals surface area contributed by atoms with E-state index in [2.05, 4.69) is 11.9 Å². The lowest BCUT2D eigenvalue weighted by Crippen LogP contribution is -2.09. The zero-order valence-corrected chi connectivity index (χ0v) is 10.4. The summed E-state index contributed by atoms with van der Waals surface area (Å²) in [4.78, 5) is 4.12. The summed E-state index contributed by atoms with van der Waals surface area (Å²) in [6.07, 6.45) is 3.94. The molecule has 0 spiro atoms. The number of halogens is 1. The summed E-state index contributed by atoms with van der Waals surface area (Å²) >= 11 is 5.76. The summed E-state index contributed by atoms with van der Waals surface area (Å²) in [5.41, 5.74) is 0.915. The van der Waals surface area contributed by atoms with Gasteiger partial charge in [-0.1, -0.05) is 19.4 Å². The predicted octanol–water partition coefficient (Wildman–Crippen LogP) is 3.02. The van der Waals surface area contributed by atoms with Gasteiger partial charge in [0.05, 0.1) is 12.5 Å². The molecule has 0 saturated heterocycles. The van der Waals surface area contributed by atoms with Crippen LogP contribution in [0.4, 0.5) is 0 Å². The van der Waals surface area contributed by atoms with Crippen molar-refractivity contribution in [2.75, 3.05) is 19.8 Å². The minimum atomic E-state index is 0.417. The molecule has 1 aromatic heterocycles. The van der Waals surface area contributed by atoms with Crippen molar-refractivity contribution in [3.63, 3.8) is 0 Å². The van der Waals surface area contributed by atoms with Gasteiger partial charge >= 0.3 is 0 Å². The summed E-state index contributed by atoms with van der Waals surface area (Å²) in [5.74, 6) is 1.02. The SMILES string of the molecule is CCCCOCCOc1ncccc1CCl. The molecule has 1 rings (SSSR count). The quantitative estimate of drug-likeness (QED) is 0.520. The number of pyridine rings is 1. The zero-order valence-electron chi connectivity index (χ0n) is 9.62. The van der Waals surface area contributed by atoms with Crippen LogP contribution in [0.25, 0.3) is 0 Å². The normalized spacial score (nSPS) is 10.4. The molecule has 0 atom stereocenters. The second kappa shape index (κ2) is 8.36. The van der Waals surface area contributed by atoms with Gasteiger partial charge in [-0.15, -0.1) is 11.6 Å². The van der Waals surface area contributed by atoms with E-state index in [4.69, 9.17) is 21.1 Å². The second-order valence-electron chi connectivity index (χ2n) is 3.42. The van der Waals surface area contributed by atoms with Crippen molar-refractivity contribution in [2.45, 2.75) is 25.6 Å². The van der Waals surface area contributed by atoms with Crippen molar-refractivity contribution in [3.05, 3.63) is 23.9 Å². The van der Waals surface area contributed by atoms with Crippen LogP contribution in [0.2, 0.25) is 0 Å². The fourth-order valence-corrected chi connectivity index (χ4v) is 1.40. The van der Waals surface area contributed by atoms with E-state index in [-0.39, 0.29) is 0 Å². The largest absolute Gasteiger partial charge is 0.475 e. The molecule has 0 amide bonds. The third-order valence-corrected chi connectivity index (χ3v) is 2.39. The highest BCUT2D eigenvalue weighted by Crippen LogP contribution is 2.15. The number of hydrogen-bond donors (Lipinski definition) is 0. The summed E-state index contributed by atoms with van der Waals surface area (Å²) in [5, 5.41) is 0. The highest BCUT2D eigenvalue weighted by molar-refractivity contribution is 6.17. The lowest BCUT2D eigenvalue weighted by atomic mass is 10.3. The van der Waals surface area contributed by atoms with Crippen molar-refractivity contribution in [1.82, 2.24) is 4.98 Å². The van der Waals surface area contributed by atoms with Gasteiger partial charge in [0.15, 0.2) is 0 Å². The maximum absolute atomic E-state index is 5.76. The molecule has 90 valence electrons. The van der Waals surface area contributed by atoms with Crippen LogP contribution < -0.4 is 4.74 Å². The Hall–Kier alpha value is -0.800. The number of hydrogen-bond acceptors (Lipinski definition) is 3. The Balaban J connectivity index is 2.21. The molecule has 0 aliphatic heterocycles. The Kier molecular flexibility index (Phi) is 6.93. The van der Waals surface area contributed by atoms with E-state index in [1.165, 1.54) is 0 Å². The molecular formula is C12H18ClNO2. The molecule has 4 heteroatoms. The summed E-state index contributed by atoms with van der Waals surface area (Å²) in [6, 6.07) is 3.76. The number of rotatable bonds is 8. The Morgan fingerprint density at radius 3 is 2.94 bits per heavy atom. The first-order valence-corrected chi connectivity index (χ1v) is 6.12. The molecule has 1 heterocycles. The average molecular weight is 244 g/mol. The van der Waals surface area contributed by atoms with Gasteiger partial charge in [-0.3, -0.25) is 0 Å². The highest BCUT2D eigenvalue weighted by Gasteiger charge is 2.02. The maximum atomic E-state index is 5.76. The van der Waals surface area contributed by atoms with Gasteiger partial charge in [-0.25, -0.2) is 4.98 Å². The van der Waals surface area contributed by atoms with Crippen LogP contribution in [-0.4, -0.2) is 24.8 Å². The first-order valence-electron chi connectivity index (χ1n) is 5.59. The number of ether oxygens (including phenoxy) is 2. The molecule has 0 N–H and O–H groups in total. The van der Waals surface area contributed by atoms with Crippen LogP contribution in [0.3, 0.4) is 0 Å². The number of aromatic nitrogens is 1. The van der Waals surface area contributed by atoms with Crippen molar-refractivity contribution in [3.8, 4) is 5.88 Å². The Morgan fingerprint density at radius 1 is 1.31 bits per heavy atom. The fraction of sp³-hybridized carbons (Fsp3) is 0.583. The molecule has 3 nitrogen and oxygen atoms in total. The smallest absolute Gasteiger partial charge is 0.217 e. The maximum Gasteiger partial charge on any atom is 0.217 e. The zero-order chi connectivity index (χ0) is 11.6. The van der Waals surface area contributed by atoms with Gasteiger partial charge < -0.3 is 9.47 Å². The van der Waals surface area contributed by atoms with Gasteiger partial charge in [0.1, 0.15) is 6.61 Å². The van der Waals surface area contributed by atoms with Crippen LogP contribution in [0.5, 0.6) is 5.88 Å². The standard InChI is InChI=1S/C12H18ClNO2/c1-2-3-7-15-8-9-16-12-11(10-13)5-4-6-14-12/h4-6H,2-3,7-10H2,1H3. The van der Waals surface area contributed by atoms with Gasteiger partial charge in [0, 0.05) is 18.4 Å². The van der Waals surface area contributed by atoms with Gasteiger partial charge in [-0.2, -0.15) is 0 Å². The minimum Gasteiger partial charge on any atom is -0.475 e. The van der Waals surface area contributed by atoms with Crippen molar-refractivity contribution < 1.29 is 9.47 Å². The Morgan fingerprint density at radius 2 is 2.19 bits per heavy atom. The molecule has 0 unspecified atom stereocenters. The van der Waals surface area contributed by atoms with Gasteiger partial charge in [0.25, 0.3) is 0 Å². The van der Waals surface area contributed by atoms with E-state index in [0.29, 0.717) is 25.0 Å². The second-order valence-corrected chi connectivity index (χ2v) is 3.68. The van der Waals surface area contributed by atoms with E-state index in [0.717, 1.165) is 25.0 Å². The van der Waals surface area contributed by atoms with Crippen molar-refractivity contribution in [2.24, 2.45) is 0 Å². The van der Waals surface area contributed by atoms with Crippen LogP contribution in [0.15, 0.2) is 18.3 Å². The van der Waals surface area contributed by atoms with Crippen LogP contribution in [0, 0.1) is 0 Å². The molecule has 0 aliphatic carbocycles. The number of unbranched alkanes of at least 4 members (excludes halogenated alkanes) is 1. The van der Waals surface area contributed by atoms with E-state index in [1.807, 2.05) is 12.1 Å². The minimum absolute atomic E-state index is 0.417. The van der Waals surface area contributed by atoms with E-state index >= 15 is 0 Å². The third-order valence-electron chi connectivity index (χ3n) is 2.10. The monoisotopic (exact) mass is 243 g/mol.